The summed E-state index contributed by atoms with van der Waals surface area (Å²) in [7, 11) is 2.06. The first-order valence-corrected chi connectivity index (χ1v) is 10.3. The Kier molecular flexibility index (Phi) is 5.88. The number of likely N-dealkylation sites (N-methyl/N-ethyl adjacent to an activating group) is 1. The van der Waals surface area contributed by atoms with Crippen molar-refractivity contribution in [3.63, 3.8) is 0 Å². The van der Waals surface area contributed by atoms with Gasteiger partial charge < -0.3 is 21.0 Å². The fourth-order valence-corrected chi connectivity index (χ4v) is 3.86. The molecule has 11 heteroatoms. The number of nitrogens with two attached hydrogens (primary N) is 1. The molecule has 0 bridgehead atoms. The zero-order valence-electron chi connectivity index (χ0n) is 17.0. The number of nitrogens with one attached hydrogen (secondary N) is 1. The summed E-state index contributed by atoms with van der Waals surface area (Å²) in [6.45, 7) is 3.50. The van der Waals surface area contributed by atoms with Crippen LogP contribution in [0.1, 0.15) is 11.4 Å². The predicted molar refractivity (Wildman–Crippen MR) is 120 cm³/mol. The van der Waals surface area contributed by atoms with Gasteiger partial charge in [0.1, 0.15) is 35.4 Å². The lowest BCUT2D eigenvalue weighted by atomic mass is 10.2. The van der Waals surface area contributed by atoms with E-state index < -0.39 is 0 Å². The van der Waals surface area contributed by atoms with E-state index in [1.54, 1.807) is 22.9 Å². The first-order chi connectivity index (χ1) is 15.0. The summed E-state index contributed by atoms with van der Waals surface area (Å²) in [5.74, 6) is 1.08. The molecule has 0 radical (unpaired) electrons. The van der Waals surface area contributed by atoms with E-state index in [0.717, 1.165) is 13.1 Å². The molecule has 160 valence electrons. The van der Waals surface area contributed by atoms with Gasteiger partial charge in [0.2, 0.25) is 0 Å². The van der Waals surface area contributed by atoms with Crippen molar-refractivity contribution in [2.24, 2.45) is 0 Å². The SMILES string of the molecule is CN1CCN(n2c(CCNc3ncnc(N)c3C#N)nc3cccc(Cl)c3c2=O)CC1. The average molecular weight is 440 g/mol. The van der Waals surface area contributed by atoms with Gasteiger partial charge in [0.05, 0.1) is 15.9 Å². The van der Waals surface area contributed by atoms with E-state index >= 15 is 0 Å². The van der Waals surface area contributed by atoms with Crippen LogP contribution < -0.4 is 21.6 Å². The van der Waals surface area contributed by atoms with E-state index in [1.807, 2.05) is 11.1 Å². The Labute approximate surface area is 183 Å². The number of nitrogens with zero attached hydrogens (tertiary/aromatic N) is 7. The van der Waals surface area contributed by atoms with Gasteiger partial charge in [0, 0.05) is 39.1 Å². The molecule has 2 aromatic heterocycles. The maximum atomic E-state index is 13.4. The van der Waals surface area contributed by atoms with Gasteiger partial charge in [-0.3, -0.25) is 4.79 Å². The molecule has 1 aromatic carbocycles. The van der Waals surface area contributed by atoms with Crippen molar-refractivity contribution in [3.8, 4) is 6.07 Å². The smallest absolute Gasteiger partial charge is 0.281 e. The number of anilines is 2. The molecule has 3 heterocycles. The second-order valence-electron chi connectivity index (χ2n) is 7.31. The molecule has 0 atom stereocenters. The molecular weight excluding hydrogens is 418 g/mol. The van der Waals surface area contributed by atoms with Crippen LogP contribution in [0.3, 0.4) is 0 Å². The van der Waals surface area contributed by atoms with E-state index in [9.17, 15) is 10.1 Å². The molecular formula is C20H22ClN9O. The minimum absolute atomic E-state index is 0.118. The molecule has 1 aliphatic rings. The molecule has 10 nitrogen and oxygen atoms in total. The van der Waals surface area contributed by atoms with Crippen LogP contribution in [-0.2, 0) is 6.42 Å². The molecule has 0 aliphatic carbocycles. The highest BCUT2D eigenvalue weighted by molar-refractivity contribution is 6.35. The maximum absolute atomic E-state index is 13.4. The Bertz CT molecular complexity index is 1210. The molecule has 3 aromatic rings. The van der Waals surface area contributed by atoms with E-state index in [4.69, 9.17) is 22.3 Å². The molecule has 0 spiro atoms. The maximum Gasteiger partial charge on any atom is 0.281 e. The summed E-state index contributed by atoms with van der Waals surface area (Å²) in [6.07, 6.45) is 1.73. The Morgan fingerprint density at radius 2 is 2.03 bits per heavy atom. The summed E-state index contributed by atoms with van der Waals surface area (Å²) in [4.78, 5) is 28.3. The van der Waals surface area contributed by atoms with Crippen LogP contribution in [0.2, 0.25) is 5.02 Å². The van der Waals surface area contributed by atoms with Crippen molar-refractivity contribution in [2.45, 2.75) is 6.42 Å². The summed E-state index contributed by atoms with van der Waals surface area (Å²) < 4.78 is 1.64. The number of hydrogen-bond donors (Lipinski definition) is 2. The summed E-state index contributed by atoms with van der Waals surface area (Å²) in [6, 6.07) is 7.27. The minimum atomic E-state index is -0.181. The van der Waals surface area contributed by atoms with Crippen molar-refractivity contribution in [1.29, 1.82) is 5.26 Å². The molecule has 0 saturated carbocycles. The largest absolute Gasteiger partial charge is 0.382 e. The highest BCUT2D eigenvalue weighted by Gasteiger charge is 2.21. The van der Waals surface area contributed by atoms with Crippen molar-refractivity contribution in [2.75, 3.05) is 55.8 Å². The number of rotatable bonds is 5. The van der Waals surface area contributed by atoms with Gasteiger partial charge in [0.25, 0.3) is 5.56 Å². The van der Waals surface area contributed by atoms with Gasteiger partial charge in [-0.15, -0.1) is 0 Å². The number of nitriles is 1. The molecule has 0 amide bonds. The zero-order valence-corrected chi connectivity index (χ0v) is 17.8. The second kappa shape index (κ2) is 8.75. The van der Waals surface area contributed by atoms with E-state index in [-0.39, 0.29) is 16.9 Å². The van der Waals surface area contributed by atoms with E-state index in [1.165, 1.54) is 6.33 Å². The Morgan fingerprint density at radius 3 is 2.77 bits per heavy atom. The monoisotopic (exact) mass is 439 g/mol. The zero-order chi connectivity index (χ0) is 22.0. The number of hydrogen-bond acceptors (Lipinski definition) is 9. The van der Waals surface area contributed by atoms with Crippen LogP contribution in [0.5, 0.6) is 0 Å². The van der Waals surface area contributed by atoms with Crippen molar-refractivity contribution >= 4 is 34.1 Å². The highest BCUT2D eigenvalue weighted by Crippen LogP contribution is 2.20. The molecule has 3 N–H and O–H groups in total. The summed E-state index contributed by atoms with van der Waals surface area (Å²) in [5, 5.41) is 15.2. The lowest BCUT2D eigenvalue weighted by Crippen LogP contribution is -2.54. The topological polar surface area (TPSA) is 129 Å². The molecule has 1 fully saturated rings. The predicted octanol–water partition coefficient (Wildman–Crippen LogP) is 0.832. The standard InChI is InChI=1S/C20H22ClN9O/c1-28-7-9-29(10-8-28)30-16(27-15-4-2-3-14(21)17(15)20(30)31)5-6-24-19-13(11-22)18(23)25-12-26-19/h2-4,12H,5-10H2,1H3,(H3,23,24,25,26). The third-order valence-corrected chi connectivity index (χ3v) is 5.60. The van der Waals surface area contributed by atoms with Gasteiger partial charge in [0.15, 0.2) is 0 Å². The van der Waals surface area contributed by atoms with E-state index in [0.29, 0.717) is 53.6 Å². The van der Waals surface area contributed by atoms with Gasteiger partial charge in [-0.25, -0.2) is 19.6 Å². The Balaban J connectivity index is 1.68. The van der Waals surface area contributed by atoms with Gasteiger partial charge in [-0.1, -0.05) is 17.7 Å². The third kappa shape index (κ3) is 4.10. The first kappa shape index (κ1) is 20.8. The molecule has 1 saturated heterocycles. The number of aromatic nitrogens is 4. The van der Waals surface area contributed by atoms with Gasteiger partial charge in [-0.05, 0) is 19.2 Å². The van der Waals surface area contributed by atoms with Crippen LogP contribution in [0, 0.1) is 11.3 Å². The lowest BCUT2D eigenvalue weighted by Gasteiger charge is -2.35. The third-order valence-electron chi connectivity index (χ3n) is 5.28. The lowest BCUT2D eigenvalue weighted by molar-refractivity contribution is 0.283. The number of piperazine rings is 1. The first-order valence-electron chi connectivity index (χ1n) is 9.88. The van der Waals surface area contributed by atoms with Crippen LogP contribution in [0.15, 0.2) is 29.3 Å². The molecule has 1 aliphatic heterocycles. The van der Waals surface area contributed by atoms with Gasteiger partial charge in [-0.2, -0.15) is 5.26 Å². The van der Waals surface area contributed by atoms with Crippen LogP contribution in [0.25, 0.3) is 10.9 Å². The quantitative estimate of drug-likeness (QED) is 0.593. The molecule has 0 unspecified atom stereocenters. The van der Waals surface area contributed by atoms with Gasteiger partial charge >= 0.3 is 0 Å². The molecule has 4 rings (SSSR count). The van der Waals surface area contributed by atoms with Crippen molar-refractivity contribution < 1.29 is 0 Å². The summed E-state index contributed by atoms with van der Waals surface area (Å²) in [5.41, 5.74) is 6.32. The van der Waals surface area contributed by atoms with Crippen molar-refractivity contribution in [3.05, 3.63) is 51.3 Å². The second-order valence-corrected chi connectivity index (χ2v) is 7.71. The fourth-order valence-electron chi connectivity index (χ4n) is 3.61. The fraction of sp³-hybridized carbons (Fsp3) is 0.350. The Hall–Kier alpha value is -3.42. The molecule has 31 heavy (non-hydrogen) atoms. The van der Waals surface area contributed by atoms with E-state index in [2.05, 4.69) is 27.2 Å². The summed E-state index contributed by atoms with van der Waals surface area (Å²) >= 11 is 6.33. The number of fused-ring (bicyclic) bond motifs is 1. The highest BCUT2D eigenvalue weighted by atomic mass is 35.5. The number of benzene rings is 1. The average Bonchev–Trinajstić information content (AvgIpc) is 2.75. The van der Waals surface area contributed by atoms with Crippen LogP contribution in [-0.4, -0.2) is 64.3 Å². The minimum Gasteiger partial charge on any atom is -0.382 e. The van der Waals surface area contributed by atoms with Crippen LogP contribution >= 0.6 is 11.6 Å². The number of halogens is 1. The normalized spacial score (nSPS) is 14.5. The Morgan fingerprint density at radius 1 is 1.26 bits per heavy atom. The number of nitrogen functional groups attached to an aromatic ring is 1. The van der Waals surface area contributed by atoms with Crippen molar-refractivity contribution in [1.82, 2.24) is 24.5 Å². The van der Waals surface area contributed by atoms with Crippen LogP contribution in [0.4, 0.5) is 11.6 Å².